The van der Waals surface area contributed by atoms with Crippen LogP contribution in [0.4, 0.5) is 0 Å². The van der Waals surface area contributed by atoms with Gasteiger partial charge in [0.25, 0.3) is 0 Å². The Morgan fingerprint density at radius 3 is 2.74 bits per heavy atom. The first kappa shape index (κ1) is 11.2. The van der Waals surface area contributed by atoms with Crippen LogP contribution in [0.3, 0.4) is 0 Å². The lowest BCUT2D eigenvalue weighted by molar-refractivity contribution is -0.152. The number of hydrogen-bond donors (Lipinski definition) is 1. The molecule has 5 heteroatoms. The molecule has 100 valence electrons. The molecular weight excluding hydrogens is 242 g/mol. The van der Waals surface area contributed by atoms with Crippen molar-refractivity contribution in [2.45, 2.75) is 43.6 Å². The van der Waals surface area contributed by atoms with Crippen molar-refractivity contribution in [2.75, 3.05) is 0 Å². The average molecular weight is 259 g/mol. The molecule has 5 nitrogen and oxygen atoms in total. The Balaban J connectivity index is 1.73. The van der Waals surface area contributed by atoms with Gasteiger partial charge in [-0.25, -0.2) is 4.79 Å². The largest absolute Gasteiger partial charge is 0.479 e. The highest BCUT2D eigenvalue weighted by atomic mass is 16.4. The summed E-state index contributed by atoms with van der Waals surface area (Å²) in [5.74, 6) is 1.69. The molecule has 1 aromatic heterocycles. The van der Waals surface area contributed by atoms with E-state index in [1.807, 2.05) is 4.57 Å². The van der Waals surface area contributed by atoms with Gasteiger partial charge in [-0.05, 0) is 43.9 Å². The minimum absolute atomic E-state index is 0.356. The second-order valence-electron chi connectivity index (χ2n) is 6.14. The number of hydrogen-bond acceptors (Lipinski definition) is 3. The summed E-state index contributed by atoms with van der Waals surface area (Å²) in [5, 5.41) is 17.8. The second-order valence-corrected chi connectivity index (χ2v) is 6.14. The number of carboxylic acids is 1. The summed E-state index contributed by atoms with van der Waals surface area (Å²) in [7, 11) is 0. The molecular formula is C14H17N3O2. The van der Waals surface area contributed by atoms with E-state index in [0.717, 1.165) is 18.7 Å². The molecule has 3 aliphatic rings. The lowest BCUT2D eigenvalue weighted by atomic mass is 9.76. The van der Waals surface area contributed by atoms with E-state index in [4.69, 9.17) is 0 Å². The maximum atomic E-state index is 11.6. The fourth-order valence-electron chi connectivity index (χ4n) is 3.97. The van der Waals surface area contributed by atoms with Crippen LogP contribution in [-0.4, -0.2) is 25.8 Å². The quantitative estimate of drug-likeness (QED) is 0.842. The topological polar surface area (TPSA) is 68.0 Å². The molecule has 2 bridgehead atoms. The van der Waals surface area contributed by atoms with Gasteiger partial charge in [-0.15, -0.1) is 10.2 Å². The zero-order valence-electron chi connectivity index (χ0n) is 10.7. The molecule has 1 heterocycles. The predicted molar refractivity (Wildman–Crippen MR) is 67.6 cm³/mol. The van der Waals surface area contributed by atoms with Crippen LogP contribution in [0.25, 0.3) is 0 Å². The van der Waals surface area contributed by atoms with Gasteiger partial charge in [0.2, 0.25) is 0 Å². The summed E-state index contributed by atoms with van der Waals surface area (Å²) in [6.45, 7) is 0. The van der Waals surface area contributed by atoms with Gasteiger partial charge in [0.1, 0.15) is 17.7 Å². The standard InChI is InChI=1S/C14H17N3O2/c18-13(19)14(4-1-5-14)17-8-15-16-12(17)11-7-9-2-3-10(11)6-9/h2-3,8-11H,1,4-7H2,(H,18,19). The summed E-state index contributed by atoms with van der Waals surface area (Å²) in [6, 6.07) is 0. The molecule has 2 fully saturated rings. The molecule has 1 aromatic rings. The number of carboxylic acid groups (broad SMARTS) is 1. The Morgan fingerprint density at radius 1 is 1.37 bits per heavy atom. The van der Waals surface area contributed by atoms with Crippen molar-refractivity contribution in [3.8, 4) is 0 Å². The van der Waals surface area contributed by atoms with Crippen molar-refractivity contribution >= 4 is 5.97 Å². The smallest absolute Gasteiger partial charge is 0.329 e. The molecule has 0 aliphatic heterocycles. The molecule has 1 N–H and O–H groups in total. The Morgan fingerprint density at radius 2 is 2.21 bits per heavy atom. The van der Waals surface area contributed by atoms with Crippen molar-refractivity contribution in [1.29, 1.82) is 0 Å². The van der Waals surface area contributed by atoms with Crippen LogP contribution in [0.5, 0.6) is 0 Å². The van der Waals surface area contributed by atoms with Gasteiger partial charge in [0.05, 0.1) is 0 Å². The van der Waals surface area contributed by atoms with Crippen LogP contribution >= 0.6 is 0 Å². The molecule has 0 spiro atoms. The predicted octanol–water partition coefficient (Wildman–Crippen LogP) is 1.92. The lowest BCUT2D eigenvalue weighted by Crippen LogP contribution is -2.48. The molecule has 2 saturated carbocycles. The van der Waals surface area contributed by atoms with Gasteiger partial charge in [0.15, 0.2) is 0 Å². The zero-order valence-corrected chi connectivity index (χ0v) is 10.7. The van der Waals surface area contributed by atoms with Gasteiger partial charge >= 0.3 is 5.97 Å². The van der Waals surface area contributed by atoms with Crippen LogP contribution in [0, 0.1) is 11.8 Å². The molecule has 19 heavy (non-hydrogen) atoms. The van der Waals surface area contributed by atoms with E-state index in [0.29, 0.717) is 30.6 Å². The fourth-order valence-corrected chi connectivity index (χ4v) is 3.97. The maximum absolute atomic E-state index is 11.6. The third-order valence-corrected chi connectivity index (χ3v) is 5.22. The Kier molecular flexibility index (Phi) is 2.17. The van der Waals surface area contributed by atoms with Crippen LogP contribution < -0.4 is 0 Å². The highest BCUT2D eigenvalue weighted by Crippen LogP contribution is 2.50. The van der Waals surface area contributed by atoms with Crippen LogP contribution in [0.15, 0.2) is 18.5 Å². The summed E-state index contributed by atoms with van der Waals surface area (Å²) < 4.78 is 1.86. The molecule has 0 radical (unpaired) electrons. The van der Waals surface area contributed by atoms with Crippen LogP contribution in [0.2, 0.25) is 0 Å². The first-order chi connectivity index (χ1) is 9.21. The summed E-state index contributed by atoms with van der Waals surface area (Å²) >= 11 is 0. The minimum Gasteiger partial charge on any atom is -0.479 e. The first-order valence-electron chi connectivity index (χ1n) is 7.03. The first-order valence-corrected chi connectivity index (χ1v) is 7.03. The van der Waals surface area contributed by atoms with Gasteiger partial charge in [0, 0.05) is 5.92 Å². The van der Waals surface area contributed by atoms with Gasteiger partial charge < -0.3 is 9.67 Å². The molecule has 0 saturated heterocycles. The van der Waals surface area contributed by atoms with Crippen molar-refractivity contribution in [3.05, 3.63) is 24.3 Å². The maximum Gasteiger partial charge on any atom is 0.329 e. The average Bonchev–Trinajstić information content (AvgIpc) is 3.01. The highest BCUT2D eigenvalue weighted by Gasteiger charge is 2.49. The minimum atomic E-state index is -0.773. The van der Waals surface area contributed by atoms with E-state index in [1.165, 1.54) is 6.42 Å². The van der Waals surface area contributed by atoms with Gasteiger partial charge in [-0.3, -0.25) is 0 Å². The van der Waals surface area contributed by atoms with E-state index >= 15 is 0 Å². The molecule has 0 aromatic carbocycles. The number of aromatic nitrogens is 3. The number of rotatable bonds is 3. The Bertz CT molecular complexity index is 559. The normalized spacial score (nSPS) is 34.4. The lowest BCUT2D eigenvalue weighted by Gasteiger charge is -2.40. The summed E-state index contributed by atoms with van der Waals surface area (Å²) in [4.78, 5) is 11.6. The molecule has 0 amide bonds. The van der Waals surface area contributed by atoms with Gasteiger partial charge in [-0.1, -0.05) is 12.2 Å². The number of nitrogens with zero attached hydrogens (tertiary/aromatic N) is 3. The Labute approximate surface area is 111 Å². The fraction of sp³-hybridized carbons (Fsp3) is 0.643. The van der Waals surface area contributed by atoms with E-state index < -0.39 is 11.5 Å². The van der Waals surface area contributed by atoms with E-state index in [9.17, 15) is 9.90 Å². The molecule has 3 unspecified atom stereocenters. The van der Waals surface area contributed by atoms with Gasteiger partial charge in [-0.2, -0.15) is 0 Å². The summed E-state index contributed by atoms with van der Waals surface area (Å²) in [6.07, 6.45) is 10.8. The van der Waals surface area contributed by atoms with Crippen molar-refractivity contribution in [3.63, 3.8) is 0 Å². The zero-order chi connectivity index (χ0) is 13.0. The van der Waals surface area contributed by atoms with Crippen molar-refractivity contribution in [1.82, 2.24) is 14.8 Å². The Hall–Kier alpha value is -1.65. The number of fused-ring (bicyclic) bond motifs is 2. The SMILES string of the molecule is O=C(O)C1(n2cnnc2C2CC3C=CC2C3)CCC1. The van der Waals surface area contributed by atoms with Crippen molar-refractivity contribution < 1.29 is 9.90 Å². The van der Waals surface area contributed by atoms with E-state index in [-0.39, 0.29) is 0 Å². The number of carbonyl (C=O) groups is 1. The van der Waals surface area contributed by atoms with E-state index in [1.54, 1.807) is 6.33 Å². The van der Waals surface area contributed by atoms with E-state index in [2.05, 4.69) is 22.3 Å². The molecule has 3 atom stereocenters. The van der Waals surface area contributed by atoms with Crippen molar-refractivity contribution in [2.24, 2.45) is 11.8 Å². The monoisotopic (exact) mass is 259 g/mol. The third-order valence-electron chi connectivity index (χ3n) is 5.22. The molecule has 4 rings (SSSR count). The molecule has 3 aliphatic carbocycles. The number of allylic oxidation sites excluding steroid dienone is 2. The third kappa shape index (κ3) is 1.38. The number of aliphatic carboxylic acids is 1. The van der Waals surface area contributed by atoms with Crippen LogP contribution in [-0.2, 0) is 10.3 Å². The van der Waals surface area contributed by atoms with Crippen LogP contribution in [0.1, 0.15) is 43.8 Å². The second kappa shape index (κ2) is 3.68. The highest BCUT2D eigenvalue weighted by molar-refractivity contribution is 5.78. The summed E-state index contributed by atoms with van der Waals surface area (Å²) in [5.41, 5.74) is -0.773.